The van der Waals surface area contributed by atoms with Crippen molar-refractivity contribution < 1.29 is 9.90 Å². The average Bonchev–Trinajstić information content (AvgIpc) is 2.30. The lowest BCUT2D eigenvalue weighted by Crippen LogP contribution is -2.54. The zero-order chi connectivity index (χ0) is 15.3. The molecule has 1 fully saturated rings. The fourth-order valence-electron chi connectivity index (χ4n) is 2.83. The molecule has 2 amide bonds. The molecule has 0 aromatic rings. The number of amides is 2. The quantitative estimate of drug-likeness (QED) is 0.718. The van der Waals surface area contributed by atoms with Gasteiger partial charge in [0.15, 0.2) is 0 Å². The maximum absolute atomic E-state index is 12.1. The first-order valence-corrected chi connectivity index (χ1v) is 7.62. The molecule has 0 aliphatic heterocycles. The smallest absolute Gasteiger partial charge is 0.315 e. The molecule has 0 radical (unpaired) electrons. The van der Waals surface area contributed by atoms with Crippen LogP contribution in [0.1, 0.15) is 46.5 Å². The Morgan fingerprint density at radius 1 is 1.35 bits per heavy atom. The molecular formula is C15H31N3O2. The molecule has 5 nitrogen and oxygen atoms in total. The summed E-state index contributed by atoms with van der Waals surface area (Å²) in [6.07, 6.45) is 3.37. The third kappa shape index (κ3) is 5.29. The van der Waals surface area contributed by atoms with E-state index >= 15 is 0 Å². The SMILES string of the molecule is C[C@H](NC(=O)N[C@@H]1CCCC[C@@H]1O)C(C)(C)CN(C)C. The van der Waals surface area contributed by atoms with Gasteiger partial charge < -0.3 is 20.6 Å². The highest BCUT2D eigenvalue weighted by Crippen LogP contribution is 2.21. The van der Waals surface area contributed by atoms with Crippen molar-refractivity contribution in [2.24, 2.45) is 5.41 Å². The lowest BCUT2D eigenvalue weighted by atomic mass is 9.85. The van der Waals surface area contributed by atoms with Crippen molar-refractivity contribution in [1.82, 2.24) is 15.5 Å². The van der Waals surface area contributed by atoms with Crippen molar-refractivity contribution in [3.8, 4) is 0 Å². The van der Waals surface area contributed by atoms with Gasteiger partial charge in [-0.25, -0.2) is 4.79 Å². The number of hydrogen-bond donors (Lipinski definition) is 3. The fourth-order valence-corrected chi connectivity index (χ4v) is 2.83. The van der Waals surface area contributed by atoms with Crippen LogP contribution in [-0.2, 0) is 0 Å². The largest absolute Gasteiger partial charge is 0.391 e. The molecule has 0 bridgehead atoms. The van der Waals surface area contributed by atoms with Crippen LogP contribution in [0.15, 0.2) is 0 Å². The van der Waals surface area contributed by atoms with E-state index in [1.165, 1.54) is 0 Å². The zero-order valence-electron chi connectivity index (χ0n) is 13.6. The predicted molar refractivity (Wildman–Crippen MR) is 81.7 cm³/mol. The molecule has 118 valence electrons. The van der Waals surface area contributed by atoms with Crippen LogP contribution in [0.3, 0.4) is 0 Å². The summed E-state index contributed by atoms with van der Waals surface area (Å²) in [4.78, 5) is 14.2. The molecule has 0 spiro atoms. The minimum Gasteiger partial charge on any atom is -0.391 e. The van der Waals surface area contributed by atoms with Crippen molar-refractivity contribution in [3.05, 3.63) is 0 Å². The van der Waals surface area contributed by atoms with Gasteiger partial charge in [-0.05, 0) is 39.3 Å². The van der Waals surface area contributed by atoms with Crippen LogP contribution in [0.25, 0.3) is 0 Å². The van der Waals surface area contributed by atoms with Crippen LogP contribution in [0.5, 0.6) is 0 Å². The monoisotopic (exact) mass is 285 g/mol. The summed E-state index contributed by atoms with van der Waals surface area (Å²) >= 11 is 0. The first-order chi connectivity index (χ1) is 9.22. The van der Waals surface area contributed by atoms with E-state index in [1.54, 1.807) is 0 Å². The summed E-state index contributed by atoms with van der Waals surface area (Å²) in [7, 11) is 4.07. The van der Waals surface area contributed by atoms with Gasteiger partial charge in [-0.15, -0.1) is 0 Å². The number of aliphatic hydroxyl groups is 1. The lowest BCUT2D eigenvalue weighted by molar-refractivity contribution is 0.0930. The molecule has 1 aliphatic rings. The Morgan fingerprint density at radius 3 is 2.50 bits per heavy atom. The Balaban J connectivity index is 2.44. The summed E-state index contributed by atoms with van der Waals surface area (Å²) in [5.41, 5.74) is -0.00792. The maximum Gasteiger partial charge on any atom is 0.315 e. The number of rotatable bonds is 5. The van der Waals surface area contributed by atoms with Crippen LogP contribution < -0.4 is 10.6 Å². The molecule has 0 unspecified atom stereocenters. The molecule has 1 rings (SSSR count). The van der Waals surface area contributed by atoms with Gasteiger partial charge in [0.2, 0.25) is 0 Å². The molecule has 5 heteroatoms. The van der Waals surface area contributed by atoms with E-state index in [0.29, 0.717) is 0 Å². The Bertz CT molecular complexity index is 318. The van der Waals surface area contributed by atoms with Crippen LogP contribution in [0.4, 0.5) is 4.79 Å². The standard InChI is InChI=1S/C15H31N3O2/c1-11(15(2,3)10-18(4)5)16-14(20)17-12-8-6-7-9-13(12)19/h11-13,19H,6-10H2,1-5H3,(H2,16,17,20)/t11-,12+,13-/m0/s1. The van der Waals surface area contributed by atoms with Gasteiger partial charge >= 0.3 is 6.03 Å². The molecule has 1 aliphatic carbocycles. The third-order valence-electron chi connectivity index (χ3n) is 4.29. The highest BCUT2D eigenvalue weighted by Gasteiger charge is 2.29. The third-order valence-corrected chi connectivity index (χ3v) is 4.29. The van der Waals surface area contributed by atoms with E-state index in [-0.39, 0.29) is 23.5 Å². The van der Waals surface area contributed by atoms with Crippen molar-refractivity contribution in [2.75, 3.05) is 20.6 Å². The van der Waals surface area contributed by atoms with Crippen molar-refractivity contribution >= 4 is 6.03 Å². The number of nitrogens with zero attached hydrogens (tertiary/aromatic N) is 1. The van der Waals surface area contributed by atoms with Gasteiger partial charge in [0.25, 0.3) is 0 Å². The molecule has 3 N–H and O–H groups in total. The van der Waals surface area contributed by atoms with E-state index in [2.05, 4.69) is 29.4 Å². The van der Waals surface area contributed by atoms with E-state index in [0.717, 1.165) is 32.2 Å². The van der Waals surface area contributed by atoms with Gasteiger partial charge in [-0.1, -0.05) is 26.7 Å². The zero-order valence-corrected chi connectivity index (χ0v) is 13.6. The van der Waals surface area contributed by atoms with Gasteiger partial charge in [0, 0.05) is 12.6 Å². The molecule has 0 aromatic carbocycles. The van der Waals surface area contributed by atoms with Gasteiger partial charge in [-0.3, -0.25) is 0 Å². The number of aliphatic hydroxyl groups excluding tert-OH is 1. The van der Waals surface area contributed by atoms with Crippen molar-refractivity contribution in [1.29, 1.82) is 0 Å². The number of nitrogens with one attached hydrogen (secondary N) is 2. The van der Waals surface area contributed by atoms with Gasteiger partial charge in [0.05, 0.1) is 12.1 Å². The van der Waals surface area contributed by atoms with Crippen molar-refractivity contribution in [2.45, 2.75) is 64.6 Å². The summed E-state index contributed by atoms with van der Waals surface area (Å²) < 4.78 is 0. The average molecular weight is 285 g/mol. The van der Waals surface area contributed by atoms with E-state index in [4.69, 9.17) is 0 Å². The lowest BCUT2D eigenvalue weighted by Gasteiger charge is -2.36. The highest BCUT2D eigenvalue weighted by molar-refractivity contribution is 5.74. The molecule has 0 heterocycles. The molecule has 20 heavy (non-hydrogen) atoms. The summed E-state index contributed by atoms with van der Waals surface area (Å²) in [6, 6.07) is -0.214. The van der Waals surface area contributed by atoms with E-state index < -0.39 is 6.10 Å². The minimum atomic E-state index is -0.403. The number of hydrogen-bond acceptors (Lipinski definition) is 3. The second-order valence-corrected chi connectivity index (χ2v) is 7.02. The van der Waals surface area contributed by atoms with Crippen LogP contribution in [0.2, 0.25) is 0 Å². The number of carbonyl (C=O) groups excluding carboxylic acids is 1. The first kappa shape index (κ1) is 17.2. The topological polar surface area (TPSA) is 64.6 Å². The van der Waals surface area contributed by atoms with E-state index in [9.17, 15) is 9.90 Å². The molecule has 3 atom stereocenters. The summed E-state index contributed by atoms with van der Waals surface area (Å²) in [6.45, 7) is 7.22. The first-order valence-electron chi connectivity index (χ1n) is 7.62. The molecular weight excluding hydrogens is 254 g/mol. The molecule has 0 saturated heterocycles. The van der Waals surface area contributed by atoms with Gasteiger partial charge in [-0.2, -0.15) is 0 Å². The van der Waals surface area contributed by atoms with Crippen LogP contribution in [0, 0.1) is 5.41 Å². The number of carbonyl (C=O) groups is 1. The molecule has 1 saturated carbocycles. The molecule has 0 aromatic heterocycles. The number of urea groups is 1. The fraction of sp³-hybridized carbons (Fsp3) is 0.933. The Morgan fingerprint density at radius 2 is 1.95 bits per heavy atom. The summed E-state index contributed by atoms with van der Waals surface area (Å²) in [5.74, 6) is 0. The second kappa shape index (κ2) is 7.27. The van der Waals surface area contributed by atoms with Crippen molar-refractivity contribution in [3.63, 3.8) is 0 Å². The normalized spacial score (nSPS) is 25.4. The van der Waals surface area contributed by atoms with E-state index in [1.807, 2.05) is 21.0 Å². The Labute approximate surface area is 123 Å². The predicted octanol–water partition coefficient (Wildman–Crippen LogP) is 1.57. The maximum atomic E-state index is 12.1. The highest BCUT2D eigenvalue weighted by atomic mass is 16.3. The Kier molecular flexibility index (Phi) is 6.27. The van der Waals surface area contributed by atoms with Gasteiger partial charge in [0.1, 0.15) is 0 Å². The minimum absolute atomic E-state index is 0.00792. The Hall–Kier alpha value is -0.810. The second-order valence-electron chi connectivity index (χ2n) is 7.02. The van der Waals surface area contributed by atoms with Crippen LogP contribution in [-0.4, -0.2) is 54.9 Å². The van der Waals surface area contributed by atoms with Crippen LogP contribution >= 0.6 is 0 Å². The summed E-state index contributed by atoms with van der Waals surface area (Å²) in [5, 5.41) is 15.8.